The van der Waals surface area contributed by atoms with Crippen molar-refractivity contribution in [2.75, 3.05) is 26.2 Å². The van der Waals surface area contributed by atoms with E-state index in [0.717, 1.165) is 6.54 Å². The number of likely N-dealkylation sites (tertiary alicyclic amines) is 1. The standard InChI is InChI=1S/C13H23N3S/c1-3-15-13(12-14-8-11-17-12)6-5-9-16(4-2)10-7-13/h8,11,15H,3-7,9-10H2,1-2H3. The molecule has 0 aromatic carbocycles. The summed E-state index contributed by atoms with van der Waals surface area (Å²) in [4.78, 5) is 7.11. The van der Waals surface area contributed by atoms with E-state index in [-0.39, 0.29) is 5.54 Å². The minimum Gasteiger partial charge on any atom is -0.306 e. The summed E-state index contributed by atoms with van der Waals surface area (Å²) in [5, 5.41) is 7.08. The van der Waals surface area contributed by atoms with Crippen LogP contribution in [-0.2, 0) is 5.54 Å². The van der Waals surface area contributed by atoms with Crippen molar-refractivity contribution < 1.29 is 0 Å². The van der Waals surface area contributed by atoms with Crippen LogP contribution >= 0.6 is 11.3 Å². The van der Waals surface area contributed by atoms with Crippen LogP contribution in [0.4, 0.5) is 0 Å². The summed E-state index contributed by atoms with van der Waals surface area (Å²) >= 11 is 1.79. The Morgan fingerprint density at radius 3 is 2.94 bits per heavy atom. The number of nitrogens with one attached hydrogen (secondary N) is 1. The molecule has 3 nitrogen and oxygen atoms in total. The fourth-order valence-electron chi connectivity index (χ4n) is 2.77. The third kappa shape index (κ3) is 2.87. The second-order valence-electron chi connectivity index (χ2n) is 4.74. The highest BCUT2D eigenvalue weighted by Gasteiger charge is 2.35. The molecule has 1 N–H and O–H groups in total. The van der Waals surface area contributed by atoms with E-state index < -0.39 is 0 Å². The quantitative estimate of drug-likeness (QED) is 0.893. The first kappa shape index (κ1) is 13.0. The molecule has 1 aromatic heterocycles. The van der Waals surface area contributed by atoms with Gasteiger partial charge in [0, 0.05) is 18.1 Å². The van der Waals surface area contributed by atoms with Gasteiger partial charge in [-0.25, -0.2) is 4.98 Å². The second-order valence-corrected chi connectivity index (χ2v) is 5.63. The number of hydrogen-bond acceptors (Lipinski definition) is 4. The smallest absolute Gasteiger partial charge is 0.113 e. The van der Waals surface area contributed by atoms with Crippen LogP contribution in [-0.4, -0.2) is 36.1 Å². The number of rotatable bonds is 4. The molecule has 0 bridgehead atoms. The van der Waals surface area contributed by atoms with Gasteiger partial charge in [-0.1, -0.05) is 13.8 Å². The van der Waals surface area contributed by atoms with Crippen molar-refractivity contribution in [3.63, 3.8) is 0 Å². The Hall–Kier alpha value is -0.450. The van der Waals surface area contributed by atoms with Gasteiger partial charge in [-0.05, 0) is 38.9 Å². The fraction of sp³-hybridized carbons (Fsp3) is 0.769. The van der Waals surface area contributed by atoms with Crippen molar-refractivity contribution in [1.29, 1.82) is 0 Å². The molecule has 4 heteroatoms. The first-order valence-electron chi connectivity index (χ1n) is 6.68. The molecule has 1 aromatic rings. The monoisotopic (exact) mass is 253 g/mol. The predicted molar refractivity (Wildman–Crippen MR) is 73.4 cm³/mol. The van der Waals surface area contributed by atoms with Gasteiger partial charge in [-0.2, -0.15) is 0 Å². The van der Waals surface area contributed by atoms with Gasteiger partial charge < -0.3 is 10.2 Å². The Labute approximate surface area is 108 Å². The molecule has 1 aliphatic rings. The van der Waals surface area contributed by atoms with E-state index >= 15 is 0 Å². The Morgan fingerprint density at radius 1 is 1.41 bits per heavy atom. The van der Waals surface area contributed by atoms with Crippen molar-refractivity contribution in [3.8, 4) is 0 Å². The number of thiazole rings is 1. The van der Waals surface area contributed by atoms with Gasteiger partial charge in [0.1, 0.15) is 5.01 Å². The number of hydrogen-bond donors (Lipinski definition) is 1. The molecule has 1 aliphatic heterocycles. The predicted octanol–water partition coefficient (Wildman–Crippen LogP) is 2.45. The van der Waals surface area contributed by atoms with Gasteiger partial charge in [-0.15, -0.1) is 11.3 Å². The molecular formula is C13H23N3S. The molecule has 0 aliphatic carbocycles. The average Bonchev–Trinajstić information content (AvgIpc) is 2.80. The first-order chi connectivity index (χ1) is 8.30. The molecule has 0 saturated carbocycles. The topological polar surface area (TPSA) is 28.2 Å². The second kappa shape index (κ2) is 5.94. The minimum absolute atomic E-state index is 0.132. The molecular weight excluding hydrogens is 230 g/mol. The lowest BCUT2D eigenvalue weighted by atomic mass is 9.91. The normalized spacial score (nSPS) is 26.9. The third-order valence-corrected chi connectivity index (χ3v) is 4.71. The molecule has 1 fully saturated rings. The zero-order valence-corrected chi connectivity index (χ0v) is 11.7. The highest BCUT2D eigenvalue weighted by molar-refractivity contribution is 7.09. The van der Waals surface area contributed by atoms with Gasteiger partial charge in [0.15, 0.2) is 0 Å². The summed E-state index contributed by atoms with van der Waals surface area (Å²) in [6.45, 7) is 9.05. The van der Waals surface area contributed by atoms with Crippen molar-refractivity contribution in [2.24, 2.45) is 0 Å². The molecule has 0 amide bonds. The summed E-state index contributed by atoms with van der Waals surface area (Å²) in [7, 11) is 0. The summed E-state index contributed by atoms with van der Waals surface area (Å²) in [5.74, 6) is 0. The Bertz CT molecular complexity index is 325. The maximum atomic E-state index is 4.56. The van der Waals surface area contributed by atoms with Gasteiger partial charge >= 0.3 is 0 Å². The van der Waals surface area contributed by atoms with Crippen LogP contribution in [0.15, 0.2) is 11.6 Å². The van der Waals surface area contributed by atoms with Crippen LogP contribution in [0, 0.1) is 0 Å². The number of nitrogens with zero attached hydrogens (tertiary/aromatic N) is 2. The first-order valence-corrected chi connectivity index (χ1v) is 7.56. The van der Waals surface area contributed by atoms with E-state index in [1.165, 1.54) is 43.9 Å². The molecule has 0 spiro atoms. The average molecular weight is 253 g/mol. The summed E-state index contributed by atoms with van der Waals surface area (Å²) in [6.07, 6.45) is 5.59. The molecule has 1 unspecified atom stereocenters. The summed E-state index contributed by atoms with van der Waals surface area (Å²) < 4.78 is 0. The third-order valence-electron chi connectivity index (χ3n) is 3.74. The maximum Gasteiger partial charge on any atom is 0.113 e. The highest BCUT2D eigenvalue weighted by Crippen LogP contribution is 2.34. The van der Waals surface area contributed by atoms with Crippen molar-refractivity contribution in [2.45, 2.75) is 38.6 Å². The van der Waals surface area contributed by atoms with E-state index in [2.05, 4.69) is 34.4 Å². The van der Waals surface area contributed by atoms with Gasteiger partial charge in [0.25, 0.3) is 0 Å². The SMILES string of the molecule is CCNC1(c2nccs2)CCCN(CC)CC1. The van der Waals surface area contributed by atoms with E-state index in [9.17, 15) is 0 Å². The molecule has 96 valence electrons. The van der Waals surface area contributed by atoms with Crippen molar-refractivity contribution in [1.82, 2.24) is 15.2 Å². The van der Waals surface area contributed by atoms with E-state index in [1.54, 1.807) is 11.3 Å². The van der Waals surface area contributed by atoms with E-state index in [0.29, 0.717) is 0 Å². The van der Waals surface area contributed by atoms with Crippen LogP contribution in [0.2, 0.25) is 0 Å². The molecule has 17 heavy (non-hydrogen) atoms. The van der Waals surface area contributed by atoms with Crippen LogP contribution in [0.1, 0.15) is 38.1 Å². The van der Waals surface area contributed by atoms with Crippen LogP contribution in [0.25, 0.3) is 0 Å². The largest absolute Gasteiger partial charge is 0.306 e. The zero-order chi connectivity index (χ0) is 12.1. The van der Waals surface area contributed by atoms with Gasteiger partial charge in [-0.3, -0.25) is 0 Å². The van der Waals surface area contributed by atoms with E-state index in [4.69, 9.17) is 0 Å². The van der Waals surface area contributed by atoms with Crippen molar-refractivity contribution >= 4 is 11.3 Å². The fourth-order valence-corrected chi connectivity index (χ4v) is 3.65. The highest BCUT2D eigenvalue weighted by atomic mass is 32.1. The van der Waals surface area contributed by atoms with Crippen LogP contribution in [0.3, 0.4) is 0 Å². The van der Waals surface area contributed by atoms with E-state index in [1.807, 2.05) is 6.20 Å². The maximum absolute atomic E-state index is 4.56. The Morgan fingerprint density at radius 2 is 2.29 bits per heavy atom. The van der Waals surface area contributed by atoms with Crippen molar-refractivity contribution in [3.05, 3.63) is 16.6 Å². The Kier molecular flexibility index (Phi) is 4.54. The zero-order valence-electron chi connectivity index (χ0n) is 10.9. The van der Waals surface area contributed by atoms with Crippen LogP contribution < -0.4 is 5.32 Å². The molecule has 2 heterocycles. The van der Waals surface area contributed by atoms with Crippen LogP contribution in [0.5, 0.6) is 0 Å². The van der Waals surface area contributed by atoms with Gasteiger partial charge in [0.05, 0.1) is 5.54 Å². The molecule has 1 atom stereocenters. The lowest BCUT2D eigenvalue weighted by Crippen LogP contribution is -2.43. The molecule has 2 rings (SSSR count). The lowest BCUT2D eigenvalue weighted by molar-refractivity contribution is 0.266. The minimum atomic E-state index is 0.132. The summed E-state index contributed by atoms with van der Waals surface area (Å²) in [6, 6.07) is 0. The Balaban J connectivity index is 2.17. The summed E-state index contributed by atoms with van der Waals surface area (Å²) in [5.41, 5.74) is 0.132. The van der Waals surface area contributed by atoms with Gasteiger partial charge in [0.2, 0.25) is 0 Å². The molecule has 0 radical (unpaired) electrons. The molecule has 1 saturated heterocycles. The number of aromatic nitrogens is 1. The lowest BCUT2D eigenvalue weighted by Gasteiger charge is -2.31.